The first kappa shape index (κ1) is 21.2. The molecule has 0 bridgehead atoms. The molecule has 34 heavy (non-hydrogen) atoms. The number of benzene rings is 1. The van der Waals surface area contributed by atoms with Gasteiger partial charge in [-0.3, -0.25) is 14.5 Å². The minimum Gasteiger partial charge on any atom is -0.383 e. The van der Waals surface area contributed by atoms with Gasteiger partial charge in [0, 0.05) is 6.07 Å². The van der Waals surface area contributed by atoms with Crippen molar-refractivity contribution in [1.29, 1.82) is 0 Å². The third-order valence-electron chi connectivity index (χ3n) is 5.45. The van der Waals surface area contributed by atoms with Gasteiger partial charge < -0.3 is 11.1 Å². The van der Waals surface area contributed by atoms with Gasteiger partial charge in [-0.2, -0.15) is 14.3 Å². The van der Waals surface area contributed by atoms with Gasteiger partial charge in [0.05, 0.1) is 24.2 Å². The molecule has 0 unspecified atom stereocenters. The van der Waals surface area contributed by atoms with E-state index in [2.05, 4.69) is 40.9 Å². The Balaban J connectivity index is 1.67. The van der Waals surface area contributed by atoms with Crippen LogP contribution < -0.4 is 16.6 Å². The van der Waals surface area contributed by atoms with Gasteiger partial charge in [0.1, 0.15) is 23.5 Å². The number of tetrazole rings is 1. The van der Waals surface area contributed by atoms with Crippen molar-refractivity contribution < 1.29 is 4.39 Å². The molecule has 0 radical (unpaired) electrons. The number of rotatable bonds is 5. The van der Waals surface area contributed by atoms with Gasteiger partial charge in [-0.05, 0) is 36.1 Å². The summed E-state index contributed by atoms with van der Waals surface area (Å²) < 4.78 is 15.2. The van der Waals surface area contributed by atoms with Crippen molar-refractivity contribution in [2.45, 2.75) is 19.9 Å². The van der Waals surface area contributed by atoms with E-state index >= 15 is 0 Å². The van der Waals surface area contributed by atoms with Crippen LogP contribution in [0.2, 0.25) is 0 Å². The summed E-state index contributed by atoms with van der Waals surface area (Å²) in [6.07, 6.45) is 1.31. The van der Waals surface area contributed by atoms with Crippen molar-refractivity contribution in [3.8, 4) is 17.2 Å². The molecule has 172 valence electrons. The van der Waals surface area contributed by atoms with E-state index in [0.717, 1.165) is 10.9 Å². The first-order chi connectivity index (χ1) is 16.3. The van der Waals surface area contributed by atoms with Gasteiger partial charge in [0.25, 0.3) is 5.56 Å². The molecule has 12 nitrogen and oxygen atoms in total. The number of fused-ring (bicyclic) bond motifs is 1. The molecule has 4 aromatic heterocycles. The molecule has 0 aliphatic rings. The van der Waals surface area contributed by atoms with Gasteiger partial charge in [0.2, 0.25) is 11.8 Å². The van der Waals surface area contributed by atoms with Gasteiger partial charge in [0.15, 0.2) is 5.82 Å². The highest BCUT2D eigenvalue weighted by Gasteiger charge is 2.22. The second kappa shape index (κ2) is 8.03. The number of nitrogens with two attached hydrogens (primary N) is 1. The average molecular weight is 461 g/mol. The van der Waals surface area contributed by atoms with Crippen molar-refractivity contribution in [1.82, 2.24) is 44.9 Å². The zero-order chi connectivity index (χ0) is 24.0. The smallest absolute Gasteiger partial charge is 0.264 e. The first-order valence-electron chi connectivity index (χ1n) is 10.3. The van der Waals surface area contributed by atoms with Crippen LogP contribution in [0.5, 0.6) is 0 Å². The highest BCUT2D eigenvalue weighted by Crippen LogP contribution is 2.31. The quantitative estimate of drug-likeness (QED) is 0.355. The number of H-pyrrole nitrogens is 1. The van der Waals surface area contributed by atoms with Crippen LogP contribution in [0, 0.1) is 12.9 Å². The van der Waals surface area contributed by atoms with Crippen LogP contribution in [0.3, 0.4) is 0 Å². The van der Waals surface area contributed by atoms with E-state index in [0.29, 0.717) is 22.5 Å². The molecule has 0 aliphatic carbocycles. The topological polar surface area (TPSA) is 158 Å². The molecule has 0 saturated carbocycles. The summed E-state index contributed by atoms with van der Waals surface area (Å²) in [5, 5.41) is 22.8. The number of hydrogen-bond acceptors (Lipinski definition) is 9. The number of halogens is 1. The number of nitrogen functional groups attached to an aromatic ring is 1. The third-order valence-corrected chi connectivity index (χ3v) is 5.45. The van der Waals surface area contributed by atoms with Crippen molar-refractivity contribution in [3.63, 3.8) is 0 Å². The fourth-order valence-corrected chi connectivity index (χ4v) is 3.91. The highest BCUT2D eigenvalue weighted by molar-refractivity contribution is 5.86. The summed E-state index contributed by atoms with van der Waals surface area (Å²) in [6.45, 7) is 3.69. The number of nitrogens with zero attached hydrogens (tertiary/aromatic N) is 8. The van der Waals surface area contributed by atoms with Crippen LogP contribution >= 0.6 is 0 Å². The van der Waals surface area contributed by atoms with E-state index in [-0.39, 0.29) is 23.0 Å². The summed E-state index contributed by atoms with van der Waals surface area (Å²) in [5.41, 5.74) is 7.49. The van der Waals surface area contributed by atoms with E-state index in [1.807, 2.05) is 38.1 Å². The lowest BCUT2D eigenvalue weighted by atomic mass is 10.0. The Morgan fingerprint density at radius 3 is 2.76 bits per heavy atom. The SMILES string of the molecule is Cc1cccc2cc([C@H](C)Nc3ncnc(N)c3-c3nnn(C)n3)n(-c3cc(F)[nH]n3)c(=O)c12. The number of hydrogen-bond donors (Lipinski definition) is 3. The molecule has 0 spiro atoms. The van der Waals surface area contributed by atoms with Crippen LogP contribution in [-0.2, 0) is 7.05 Å². The van der Waals surface area contributed by atoms with Crippen LogP contribution in [0.1, 0.15) is 24.2 Å². The summed E-state index contributed by atoms with van der Waals surface area (Å²) in [5.74, 6) is 0.242. The van der Waals surface area contributed by atoms with Gasteiger partial charge >= 0.3 is 0 Å². The van der Waals surface area contributed by atoms with Crippen LogP contribution in [0.15, 0.2) is 41.5 Å². The van der Waals surface area contributed by atoms with Crippen molar-refractivity contribution in [3.05, 3.63) is 64.2 Å². The molecule has 13 heteroatoms. The molecular formula is C21H20FN11O. The summed E-state index contributed by atoms with van der Waals surface area (Å²) >= 11 is 0. The molecule has 1 aromatic carbocycles. The summed E-state index contributed by atoms with van der Waals surface area (Å²) in [4.78, 5) is 23.2. The molecule has 5 rings (SSSR count). The number of aryl methyl sites for hydroxylation is 2. The monoisotopic (exact) mass is 461 g/mol. The fraction of sp³-hybridized carbons (Fsp3) is 0.190. The Hall–Kier alpha value is -4.68. The maximum absolute atomic E-state index is 13.8. The van der Waals surface area contributed by atoms with Crippen LogP contribution in [-0.4, -0.2) is 44.9 Å². The first-order valence-corrected chi connectivity index (χ1v) is 10.3. The number of aromatic nitrogens is 9. The number of anilines is 2. The minimum atomic E-state index is -0.655. The average Bonchev–Trinajstić information content (AvgIpc) is 3.41. The normalized spacial score (nSPS) is 12.2. The van der Waals surface area contributed by atoms with Gasteiger partial charge in [-0.1, -0.05) is 18.2 Å². The Morgan fingerprint density at radius 1 is 1.24 bits per heavy atom. The molecule has 0 amide bonds. The van der Waals surface area contributed by atoms with E-state index in [9.17, 15) is 9.18 Å². The van der Waals surface area contributed by atoms with E-state index in [1.54, 1.807) is 7.05 Å². The minimum absolute atomic E-state index is 0.134. The lowest BCUT2D eigenvalue weighted by Gasteiger charge is -2.21. The van der Waals surface area contributed by atoms with Crippen LogP contribution in [0.4, 0.5) is 16.0 Å². The lowest BCUT2D eigenvalue weighted by molar-refractivity contribution is 0.579. The molecule has 0 fully saturated rings. The molecular weight excluding hydrogens is 441 g/mol. The largest absolute Gasteiger partial charge is 0.383 e. The number of pyridine rings is 1. The van der Waals surface area contributed by atoms with Crippen molar-refractivity contribution in [2.75, 3.05) is 11.1 Å². The zero-order valence-corrected chi connectivity index (χ0v) is 18.5. The molecule has 0 saturated heterocycles. The second-order valence-corrected chi connectivity index (χ2v) is 7.77. The van der Waals surface area contributed by atoms with E-state index in [1.165, 1.54) is 21.8 Å². The predicted molar refractivity (Wildman–Crippen MR) is 123 cm³/mol. The Morgan fingerprint density at radius 2 is 2.06 bits per heavy atom. The van der Waals surface area contributed by atoms with Gasteiger partial charge in [-0.15, -0.1) is 10.2 Å². The lowest BCUT2D eigenvalue weighted by Crippen LogP contribution is -2.26. The zero-order valence-electron chi connectivity index (χ0n) is 18.5. The number of nitrogens with one attached hydrogen (secondary N) is 2. The maximum atomic E-state index is 13.8. The maximum Gasteiger partial charge on any atom is 0.264 e. The van der Waals surface area contributed by atoms with Crippen LogP contribution in [0.25, 0.3) is 28.0 Å². The molecule has 0 aliphatic heterocycles. The standard InChI is InChI=1S/C21H20FN11O/c1-10-5-4-6-12-7-13(33(21(34)16(10)12)15-8-14(22)27-28-15)11(2)26-19-17(18(23)24-9-25-19)20-29-31-32(3)30-20/h4-9,11H,1-3H3,(H,27,28)(H3,23,24,25,26)/t11-/m0/s1. The molecule has 5 aromatic rings. The number of aromatic amines is 1. The third kappa shape index (κ3) is 3.52. The molecule has 1 atom stereocenters. The second-order valence-electron chi connectivity index (χ2n) is 7.77. The molecule has 4 heterocycles. The Labute approximate surface area is 191 Å². The predicted octanol–water partition coefficient (Wildman–Crippen LogP) is 1.90. The summed E-state index contributed by atoms with van der Waals surface area (Å²) in [6, 6.07) is 8.11. The summed E-state index contributed by atoms with van der Waals surface area (Å²) in [7, 11) is 1.63. The highest BCUT2D eigenvalue weighted by atomic mass is 19.1. The van der Waals surface area contributed by atoms with Crippen molar-refractivity contribution >= 4 is 22.4 Å². The van der Waals surface area contributed by atoms with Crippen molar-refractivity contribution in [2.24, 2.45) is 7.05 Å². The van der Waals surface area contributed by atoms with E-state index in [4.69, 9.17) is 5.73 Å². The van der Waals surface area contributed by atoms with E-state index < -0.39 is 12.0 Å². The Bertz CT molecular complexity index is 1590. The molecule has 4 N–H and O–H groups in total. The fourth-order valence-electron chi connectivity index (χ4n) is 3.91. The van der Waals surface area contributed by atoms with Gasteiger partial charge in [-0.25, -0.2) is 9.97 Å². The Kier molecular flexibility index (Phi) is 5.00.